The lowest BCUT2D eigenvalue weighted by atomic mass is 10.2. The Morgan fingerprint density at radius 2 is 1.53 bits per heavy atom. The molecule has 0 amide bonds. The maximum absolute atomic E-state index is 10.3. The molecule has 4 heteroatoms. The van der Waals surface area contributed by atoms with E-state index in [-0.39, 0.29) is 11.6 Å². The molecule has 0 fully saturated rings. The molecule has 0 spiro atoms. The van der Waals surface area contributed by atoms with Gasteiger partial charge in [0, 0.05) is 0 Å². The predicted molar refractivity (Wildman–Crippen MR) is 52.4 cm³/mol. The summed E-state index contributed by atoms with van der Waals surface area (Å²) in [5.74, 6) is 0.134. The smallest absolute Gasteiger partial charge is 0.185 e. The van der Waals surface area contributed by atoms with Gasteiger partial charge in [-0.3, -0.25) is 14.4 Å². The number of rotatable bonds is 1. The number of furan rings is 1. The first-order chi connectivity index (χ1) is 7.22. The maximum atomic E-state index is 10.3. The molecule has 4 nitrogen and oxygen atoms in total. The average molecular weight is 204 g/mol. The van der Waals surface area contributed by atoms with Crippen molar-refractivity contribution in [3.63, 3.8) is 0 Å². The molecule has 0 radical (unpaired) electrons. The molecular weight excluding hydrogens is 196 g/mol. The Labute approximate surface area is 85.9 Å². The summed E-state index contributed by atoms with van der Waals surface area (Å²) in [4.78, 5) is 30.3. The number of aldehydes is 1. The predicted octanol–water partition coefficient (Wildman–Crippen LogP) is 1.34. The van der Waals surface area contributed by atoms with Crippen molar-refractivity contribution in [2.45, 2.75) is 0 Å². The minimum Gasteiger partial charge on any atom is -0.462 e. The zero-order valence-corrected chi connectivity index (χ0v) is 7.75. The first kappa shape index (κ1) is 10.8. The van der Waals surface area contributed by atoms with Crippen LogP contribution >= 0.6 is 0 Å². The van der Waals surface area contributed by atoms with Gasteiger partial charge in [0.2, 0.25) is 0 Å². The van der Waals surface area contributed by atoms with E-state index in [0.717, 1.165) is 0 Å². The Kier molecular flexibility index (Phi) is 3.97. The summed E-state index contributed by atoms with van der Waals surface area (Å²) >= 11 is 0. The van der Waals surface area contributed by atoms with Gasteiger partial charge in [-0.1, -0.05) is 0 Å². The first-order valence-corrected chi connectivity index (χ1v) is 4.15. The number of carbonyl (C=O) groups is 3. The highest BCUT2D eigenvalue weighted by atomic mass is 16.3. The van der Waals surface area contributed by atoms with E-state index in [0.29, 0.717) is 12.0 Å². The number of carbonyl (C=O) groups excluding carboxylic acids is 3. The van der Waals surface area contributed by atoms with Crippen LogP contribution in [0, 0.1) is 0 Å². The van der Waals surface area contributed by atoms with Gasteiger partial charge < -0.3 is 4.42 Å². The Balaban J connectivity index is 0.000000151. The number of hydrogen-bond donors (Lipinski definition) is 0. The fraction of sp³-hybridized carbons (Fsp3) is 0. The molecule has 0 N–H and O–H groups in total. The van der Waals surface area contributed by atoms with E-state index < -0.39 is 0 Å². The normalized spacial score (nSPS) is 13.3. The molecule has 1 heterocycles. The zero-order valence-electron chi connectivity index (χ0n) is 7.75. The molecule has 15 heavy (non-hydrogen) atoms. The molecule has 1 aliphatic carbocycles. The van der Waals surface area contributed by atoms with Crippen molar-refractivity contribution in [2.75, 3.05) is 0 Å². The molecule has 0 saturated carbocycles. The second-order valence-corrected chi connectivity index (χ2v) is 2.60. The van der Waals surface area contributed by atoms with Crippen molar-refractivity contribution < 1.29 is 18.8 Å². The van der Waals surface area contributed by atoms with Crippen LogP contribution in [0.3, 0.4) is 0 Å². The highest BCUT2D eigenvalue weighted by Crippen LogP contribution is 1.92. The Morgan fingerprint density at radius 3 is 1.80 bits per heavy atom. The highest BCUT2D eigenvalue weighted by Gasteiger charge is 1.97. The van der Waals surface area contributed by atoms with E-state index in [2.05, 4.69) is 4.42 Å². The van der Waals surface area contributed by atoms with Gasteiger partial charge in [0.25, 0.3) is 0 Å². The van der Waals surface area contributed by atoms with Crippen molar-refractivity contribution in [2.24, 2.45) is 0 Å². The minimum absolute atomic E-state index is 0.121. The van der Waals surface area contributed by atoms with Crippen LogP contribution < -0.4 is 0 Å². The van der Waals surface area contributed by atoms with Gasteiger partial charge in [0.1, 0.15) is 0 Å². The lowest BCUT2D eigenvalue weighted by molar-refractivity contribution is -0.113. The molecule has 0 atom stereocenters. The topological polar surface area (TPSA) is 64.3 Å². The molecule has 2 rings (SSSR count). The van der Waals surface area contributed by atoms with Crippen molar-refractivity contribution in [3.8, 4) is 0 Å². The Hall–Kier alpha value is -2.23. The Bertz CT molecular complexity index is 372. The molecular formula is C11H8O4. The third-order valence-corrected chi connectivity index (χ3v) is 1.48. The second-order valence-electron chi connectivity index (χ2n) is 2.60. The fourth-order valence-corrected chi connectivity index (χ4v) is 0.798. The summed E-state index contributed by atoms with van der Waals surface area (Å²) in [6.07, 6.45) is 7.14. The van der Waals surface area contributed by atoms with Crippen LogP contribution in [-0.4, -0.2) is 17.9 Å². The Morgan fingerprint density at radius 1 is 1.00 bits per heavy atom. The quantitative estimate of drug-likeness (QED) is 0.511. The van der Waals surface area contributed by atoms with Crippen LogP contribution in [0.4, 0.5) is 0 Å². The van der Waals surface area contributed by atoms with Gasteiger partial charge in [-0.25, -0.2) is 0 Å². The van der Waals surface area contributed by atoms with E-state index in [4.69, 9.17) is 0 Å². The molecule has 1 aromatic heterocycles. The van der Waals surface area contributed by atoms with Crippen LogP contribution in [0.25, 0.3) is 0 Å². The highest BCUT2D eigenvalue weighted by molar-refractivity contribution is 6.14. The van der Waals surface area contributed by atoms with Crippen LogP contribution in [0.5, 0.6) is 0 Å². The molecule has 1 aliphatic rings. The minimum atomic E-state index is -0.121. The van der Waals surface area contributed by atoms with E-state index in [1.807, 2.05) is 0 Å². The third-order valence-electron chi connectivity index (χ3n) is 1.48. The largest absolute Gasteiger partial charge is 0.462 e. The molecule has 0 saturated heterocycles. The monoisotopic (exact) mass is 204 g/mol. The molecule has 0 unspecified atom stereocenters. The summed E-state index contributed by atoms with van der Waals surface area (Å²) in [7, 11) is 0. The van der Waals surface area contributed by atoms with Gasteiger partial charge in [-0.05, 0) is 36.4 Å². The summed E-state index contributed by atoms with van der Waals surface area (Å²) < 4.78 is 4.61. The summed E-state index contributed by atoms with van der Waals surface area (Å²) in [5, 5.41) is 0. The van der Waals surface area contributed by atoms with Gasteiger partial charge in [0.05, 0.1) is 6.26 Å². The van der Waals surface area contributed by atoms with Crippen molar-refractivity contribution in [1.29, 1.82) is 0 Å². The van der Waals surface area contributed by atoms with Crippen LogP contribution in [0.2, 0.25) is 0 Å². The SMILES string of the molecule is O=C1C=CC(=O)C=C1.O=Cc1ccco1. The van der Waals surface area contributed by atoms with Crippen LogP contribution in [-0.2, 0) is 9.59 Å². The molecule has 0 bridgehead atoms. The number of ketones is 2. The maximum Gasteiger partial charge on any atom is 0.185 e. The second kappa shape index (κ2) is 5.49. The van der Waals surface area contributed by atoms with Gasteiger partial charge in [-0.2, -0.15) is 0 Å². The van der Waals surface area contributed by atoms with Crippen molar-refractivity contribution in [3.05, 3.63) is 48.5 Å². The van der Waals surface area contributed by atoms with E-state index in [1.54, 1.807) is 12.1 Å². The molecule has 0 aliphatic heterocycles. The van der Waals surface area contributed by atoms with E-state index in [9.17, 15) is 14.4 Å². The fourth-order valence-electron chi connectivity index (χ4n) is 0.798. The van der Waals surface area contributed by atoms with Crippen molar-refractivity contribution in [1.82, 2.24) is 0 Å². The van der Waals surface area contributed by atoms with Gasteiger partial charge >= 0.3 is 0 Å². The van der Waals surface area contributed by atoms with Crippen LogP contribution in [0.15, 0.2) is 47.1 Å². The van der Waals surface area contributed by atoms with Gasteiger partial charge in [0.15, 0.2) is 23.6 Å². The average Bonchev–Trinajstić information content (AvgIpc) is 2.76. The lowest BCUT2D eigenvalue weighted by Gasteiger charge is -1.87. The summed E-state index contributed by atoms with van der Waals surface area (Å²) in [6.45, 7) is 0. The summed E-state index contributed by atoms with van der Waals surface area (Å²) in [6, 6.07) is 3.27. The first-order valence-electron chi connectivity index (χ1n) is 4.15. The number of hydrogen-bond acceptors (Lipinski definition) is 4. The zero-order chi connectivity index (χ0) is 11.1. The van der Waals surface area contributed by atoms with Gasteiger partial charge in [-0.15, -0.1) is 0 Å². The molecule has 1 aromatic rings. The van der Waals surface area contributed by atoms with Crippen molar-refractivity contribution >= 4 is 17.9 Å². The van der Waals surface area contributed by atoms with E-state index >= 15 is 0 Å². The lowest BCUT2D eigenvalue weighted by Crippen LogP contribution is -1.97. The molecule has 76 valence electrons. The van der Waals surface area contributed by atoms with E-state index in [1.165, 1.54) is 30.6 Å². The summed E-state index contributed by atoms with van der Waals surface area (Å²) in [5.41, 5.74) is 0. The van der Waals surface area contributed by atoms with Crippen LogP contribution in [0.1, 0.15) is 10.6 Å². The third kappa shape index (κ3) is 3.99. The number of allylic oxidation sites excluding steroid dienone is 4. The standard InChI is InChI=1S/C6H4O2.C5H4O2/c7-5-1-2-6(8)4-3-5;6-4-5-2-1-3-7-5/h1-4H;1-4H. The molecule has 0 aromatic carbocycles.